The molecule has 0 heterocycles. The standard InChI is InChI=1S/C16H17F3O/c1-2-3-6-12-10-9-11-7-4-5-8-13(11)14(12)15(20)16(17,18)19/h4-5,7-10,15,20H,2-3,6H2,1H3. The molecule has 2 aromatic rings. The molecule has 1 N–H and O–H groups in total. The van der Waals surface area contributed by atoms with E-state index in [0.717, 1.165) is 12.8 Å². The predicted molar refractivity (Wildman–Crippen MR) is 73.6 cm³/mol. The van der Waals surface area contributed by atoms with Gasteiger partial charge in [-0.3, -0.25) is 0 Å². The summed E-state index contributed by atoms with van der Waals surface area (Å²) >= 11 is 0. The first-order valence-corrected chi connectivity index (χ1v) is 6.70. The van der Waals surface area contributed by atoms with Gasteiger partial charge in [0.1, 0.15) is 0 Å². The number of hydrogen-bond donors (Lipinski definition) is 1. The van der Waals surface area contributed by atoms with Crippen molar-refractivity contribution >= 4 is 10.8 Å². The lowest BCUT2D eigenvalue weighted by molar-refractivity contribution is -0.206. The third kappa shape index (κ3) is 2.96. The van der Waals surface area contributed by atoms with Crippen molar-refractivity contribution in [3.8, 4) is 0 Å². The number of alkyl halides is 3. The fourth-order valence-electron chi connectivity index (χ4n) is 2.41. The van der Waals surface area contributed by atoms with Crippen LogP contribution in [0.15, 0.2) is 36.4 Å². The van der Waals surface area contributed by atoms with Crippen molar-refractivity contribution in [3.05, 3.63) is 47.5 Å². The van der Waals surface area contributed by atoms with E-state index in [1.165, 1.54) is 0 Å². The summed E-state index contributed by atoms with van der Waals surface area (Å²) in [6, 6.07) is 10.4. The van der Waals surface area contributed by atoms with Crippen LogP contribution in [0.3, 0.4) is 0 Å². The van der Waals surface area contributed by atoms with Crippen LogP contribution in [0.25, 0.3) is 10.8 Å². The molecular formula is C16H17F3O. The highest BCUT2D eigenvalue weighted by molar-refractivity contribution is 5.87. The molecule has 1 nitrogen and oxygen atoms in total. The summed E-state index contributed by atoms with van der Waals surface area (Å²) in [5.41, 5.74) is 0.583. The van der Waals surface area contributed by atoms with Gasteiger partial charge < -0.3 is 5.11 Å². The van der Waals surface area contributed by atoms with Crippen LogP contribution in [-0.4, -0.2) is 11.3 Å². The van der Waals surface area contributed by atoms with Crippen molar-refractivity contribution in [1.29, 1.82) is 0 Å². The van der Waals surface area contributed by atoms with Crippen LogP contribution in [0.2, 0.25) is 0 Å². The maximum Gasteiger partial charge on any atom is 0.418 e. The molecular weight excluding hydrogens is 265 g/mol. The molecule has 0 fully saturated rings. The highest BCUT2D eigenvalue weighted by Crippen LogP contribution is 2.38. The molecule has 2 aromatic carbocycles. The Morgan fingerprint density at radius 2 is 1.80 bits per heavy atom. The minimum atomic E-state index is -4.65. The van der Waals surface area contributed by atoms with Gasteiger partial charge >= 0.3 is 6.18 Å². The Kier molecular flexibility index (Phi) is 4.33. The Morgan fingerprint density at radius 1 is 1.10 bits per heavy atom. The molecule has 0 saturated carbocycles. The molecule has 4 heteroatoms. The van der Waals surface area contributed by atoms with E-state index in [1.807, 2.05) is 13.0 Å². The van der Waals surface area contributed by atoms with Gasteiger partial charge in [-0.1, -0.05) is 49.7 Å². The quantitative estimate of drug-likeness (QED) is 0.855. The molecule has 1 unspecified atom stereocenters. The van der Waals surface area contributed by atoms with Gasteiger partial charge in [-0.25, -0.2) is 0 Å². The van der Waals surface area contributed by atoms with E-state index in [9.17, 15) is 18.3 Å². The number of aliphatic hydroxyl groups excluding tert-OH is 1. The van der Waals surface area contributed by atoms with Gasteiger partial charge in [0.15, 0.2) is 6.10 Å². The zero-order valence-electron chi connectivity index (χ0n) is 11.2. The van der Waals surface area contributed by atoms with Crippen LogP contribution in [0.5, 0.6) is 0 Å². The van der Waals surface area contributed by atoms with Crippen LogP contribution in [0.4, 0.5) is 13.2 Å². The third-order valence-electron chi connectivity index (χ3n) is 3.44. The molecule has 0 saturated heterocycles. The fraction of sp³-hybridized carbons (Fsp3) is 0.375. The summed E-state index contributed by atoms with van der Waals surface area (Å²) in [6.07, 6.45) is -4.83. The molecule has 2 rings (SSSR count). The first-order chi connectivity index (χ1) is 9.45. The average molecular weight is 282 g/mol. The number of fused-ring (bicyclic) bond motifs is 1. The molecule has 0 aliphatic heterocycles. The zero-order valence-corrected chi connectivity index (χ0v) is 11.2. The third-order valence-corrected chi connectivity index (χ3v) is 3.44. The molecule has 0 amide bonds. The van der Waals surface area contributed by atoms with Gasteiger partial charge in [-0.2, -0.15) is 13.2 Å². The van der Waals surface area contributed by atoms with E-state index >= 15 is 0 Å². The molecule has 0 spiro atoms. The van der Waals surface area contributed by atoms with Crippen molar-refractivity contribution in [2.45, 2.75) is 38.5 Å². The highest BCUT2D eigenvalue weighted by Gasteiger charge is 2.41. The fourth-order valence-corrected chi connectivity index (χ4v) is 2.41. The van der Waals surface area contributed by atoms with E-state index in [1.54, 1.807) is 30.3 Å². The minimum Gasteiger partial charge on any atom is -0.379 e. The number of aryl methyl sites for hydroxylation is 1. The smallest absolute Gasteiger partial charge is 0.379 e. The summed E-state index contributed by atoms with van der Waals surface area (Å²) in [6.45, 7) is 1.99. The SMILES string of the molecule is CCCCc1ccc2ccccc2c1C(O)C(F)(F)F. The summed E-state index contributed by atoms with van der Waals surface area (Å²) in [5.74, 6) is 0. The van der Waals surface area contributed by atoms with E-state index < -0.39 is 12.3 Å². The number of benzene rings is 2. The molecule has 20 heavy (non-hydrogen) atoms. The van der Waals surface area contributed by atoms with Crippen molar-refractivity contribution < 1.29 is 18.3 Å². The van der Waals surface area contributed by atoms with Crippen molar-refractivity contribution in [3.63, 3.8) is 0 Å². The summed E-state index contributed by atoms with van der Waals surface area (Å²) in [7, 11) is 0. The second-order valence-corrected chi connectivity index (χ2v) is 4.91. The van der Waals surface area contributed by atoms with Crippen molar-refractivity contribution in [1.82, 2.24) is 0 Å². The van der Waals surface area contributed by atoms with E-state index in [4.69, 9.17) is 0 Å². The van der Waals surface area contributed by atoms with Crippen LogP contribution >= 0.6 is 0 Å². The van der Waals surface area contributed by atoms with E-state index in [0.29, 0.717) is 22.8 Å². The number of aliphatic hydroxyl groups is 1. The van der Waals surface area contributed by atoms with Crippen molar-refractivity contribution in [2.24, 2.45) is 0 Å². The van der Waals surface area contributed by atoms with Crippen LogP contribution in [0.1, 0.15) is 37.0 Å². The van der Waals surface area contributed by atoms with Gasteiger partial charge in [0.25, 0.3) is 0 Å². The summed E-state index contributed by atoms with van der Waals surface area (Å²) in [4.78, 5) is 0. The second kappa shape index (κ2) is 5.83. The summed E-state index contributed by atoms with van der Waals surface area (Å²) < 4.78 is 38.7. The lowest BCUT2D eigenvalue weighted by Gasteiger charge is -2.20. The average Bonchev–Trinajstić information content (AvgIpc) is 2.42. The Hall–Kier alpha value is -1.55. The molecule has 0 aliphatic rings. The molecule has 0 aromatic heterocycles. The molecule has 108 valence electrons. The number of halogens is 3. The second-order valence-electron chi connectivity index (χ2n) is 4.91. The molecule has 0 radical (unpaired) electrons. The van der Waals surface area contributed by atoms with Crippen LogP contribution in [0, 0.1) is 0 Å². The maximum absolute atomic E-state index is 12.9. The lowest BCUT2D eigenvalue weighted by Crippen LogP contribution is -2.22. The number of unbranched alkanes of at least 4 members (excludes halogenated alkanes) is 1. The minimum absolute atomic E-state index is 0.00375. The Morgan fingerprint density at radius 3 is 2.45 bits per heavy atom. The first-order valence-electron chi connectivity index (χ1n) is 6.70. The lowest BCUT2D eigenvalue weighted by atomic mass is 9.92. The van der Waals surface area contributed by atoms with Gasteiger partial charge in [0.05, 0.1) is 0 Å². The maximum atomic E-state index is 12.9. The normalized spacial score (nSPS) is 13.7. The topological polar surface area (TPSA) is 20.2 Å². The van der Waals surface area contributed by atoms with Crippen LogP contribution in [-0.2, 0) is 6.42 Å². The zero-order chi connectivity index (χ0) is 14.8. The molecule has 0 aliphatic carbocycles. The number of hydrogen-bond acceptors (Lipinski definition) is 1. The van der Waals surface area contributed by atoms with Crippen molar-refractivity contribution in [2.75, 3.05) is 0 Å². The monoisotopic (exact) mass is 282 g/mol. The largest absolute Gasteiger partial charge is 0.418 e. The molecule has 1 atom stereocenters. The highest BCUT2D eigenvalue weighted by atomic mass is 19.4. The van der Waals surface area contributed by atoms with Gasteiger partial charge in [-0.05, 0) is 29.2 Å². The van der Waals surface area contributed by atoms with E-state index in [2.05, 4.69) is 0 Å². The Balaban J connectivity index is 2.61. The van der Waals surface area contributed by atoms with E-state index in [-0.39, 0.29) is 5.56 Å². The molecule has 0 bridgehead atoms. The predicted octanol–water partition coefficient (Wildman–Crippen LogP) is 4.78. The Bertz CT molecular complexity index is 590. The van der Waals surface area contributed by atoms with Crippen LogP contribution < -0.4 is 0 Å². The number of rotatable bonds is 4. The van der Waals surface area contributed by atoms with Gasteiger partial charge in [-0.15, -0.1) is 0 Å². The Labute approximate surface area is 116 Å². The van der Waals surface area contributed by atoms with Gasteiger partial charge in [0, 0.05) is 5.56 Å². The summed E-state index contributed by atoms with van der Waals surface area (Å²) in [5, 5.41) is 10.9. The first kappa shape index (κ1) is 14.9. The van der Waals surface area contributed by atoms with Gasteiger partial charge in [0.2, 0.25) is 0 Å².